The first-order valence-corrected chi connectivity index (χ1v) is 5.79. The van der Waals surface area contributed by atoms with Gasteiger partial charge in [-0.05, 0) is 26.2 Å². The molecular formula is C11H19N5. The summed E-state index contributed by atoms with van der Waals surface area (Å²) in [5.41, 5.74) is 6.71. The van der Waals surface area contributed by atoms with Crippen LogP contribution in [0.3, 0.4) is 0 Å². The van der Waals surface area contributed by atoms with Crippen LogP contribution in [-0.2, 0) is 0 Å². The van der Waals surface area contributed by atoms with E-state index >= 15 is 0 Å². The molecule has 0 spiro atoms. The molecule has 0 bridgehead atoms. The quantitative estimate of drug-likeness (QED) is 0.791. The number of hydrogen-bond donors (Lipinski definition) is 2. The van der Waals surface area contributed by atoms with Crippen molar-refractivity contribution < 1.29 is 0 Å². The van der Waals surface area contributed by atoms with Gasteiger partial charge >= 0.3 is 0 Å². The van der Waals surface area contributed by atoms with Crippen LogP contribution in [0.2, 0.25) is 0 Å². The number of rotatable bonds is 2. The minimum absolute atomic E-state index is 0.510. The van der Waals surface area contributed by atoms with Crippen LogP contribution in [0.15, 0.2) is 6.33 Å². The van der Waals surface area contributed by atoms with Gasteiger partial charge in [-0.15, -0.1) is 0 Å². The van der Waals surface area contributed by atoms with Crippen LogP contribution in [0, 0.1) is 0 Å². The maximum Gasteiger partial charge on any atom is 0.157 e. The van der Waals surface area contributed by atoms with Crippen molar-refractivity contribution in [2.75, 3.05) is 29.5 Å². The Bertz CT molecular complexity index is 365. The normalized spacial score (nSPS) is 20.9. The van der Waals surface area contributed by atoms with E-state index in [0.717, 1.165) is 12.4 Å². The lowest BCUT2D eigenvalue weighted by atomic mass is 10.0. The summed E-state index contributed by atoms with van der Waals surface area (Å²) < 4.78 is 0. The van der Waals surface area contributed by atoms with E-state index < -0.39 is 0 Å². The van der Waals surface area contributed by atoms with Crippen LogP contribution in [0.1, 0.15) is 26.2 Å². The molecule has 1 fully saturated rings. The lowest BCUT2D eigenvalue weighted by Crippen LogP contribution is -2.38. The van der Waals surface area contributed by atoms with E-state index in [4.69, 9.17) is 5.73 Å². The highest BCUT2D eigenvalue weighted by Crippen LogP contribution is 2.30. The van der Waals surface area contributed by atoms with Crippen LogP contribution in [0.5, 0.6) is 0 Å². The van der Waals surface area contributed by atoms with Gasteiger partial charge < -0.3 is 16.0 Å². The Balaban J connectivity index is 2.31. The monoisotopic (exact) mass is 221 g/mol. The Morgan fingerprint density at radius 3 is 2.94 bits per heavy atom. The van der Waals surface area contributed by atoms with Crippen LogP contribution in [-0.4, -0.2) is 29.6 Å². The molecule has 88 valence electrons. The van der Waals surface area contributed by atoms with Gasteiger partial charge in [-0.1, -0.05) is 0 Å². The Morgan fingerprint density at radius 2 is 2.25 bits per heavy atom. The molecule has 1 saturated heterocycles. The second-order valence-corrected chi connectivity index (χ2v) is 4.25. The molecule has 0 saturated carbocycles. The first-order valence-electron chi connectivity index (χ1n) is 5.79. The minimum atomic E-state index is 0.510. The van der Waals surface area contributed by atoms with E-state index in [1.165, 1.54) is 19.3 Å². The van der Waals surface area contributed by atoms with Gasteiger partial charge in [-0.25, -0.2) is 9.97 Å². The molecular weight excluding hydrogens is 202 g/mol. The summed E-state index contributed by atoms with van der Waals surface area (Å²) in [5.74, 6) is 1.58. The molecule has 5 heteroatoms. The molecule has 1 aliphatic heterocycles. The fourth-order valence-corrected chi connectivity index (χ4v) is 2.23. The fourth-order valence-electron chi connectivity index (χ4n) is 2.23. The van der Waals surface area contributed by atoms with Crippen molar-refractivity contribution in [3.8, 4) is 0 Å². The van der Waals surface area contributed by atoms with Crippen molar-refractivity contribution in [2.24, 2.45) is 0 Å². The number of nitrogens with zero attached hydrogens (tertiary/aromatic N) is 3. The predicted octanol–water partition coefficient (Wildman–Crippen LogP) is 1.48. The van der Waals surface area contributed by atoms with Gasteiger partial charge in [-0.2, -0.15) is 0 Å². The van der Waals surface area contributed by atoms with Gasteiger partial charge in [0.25, 0.3) is 0 Å². The summed E-state index contributed by atoms with van der Waals surface area (Å²) in [6, 6.07) is 0.510. The Morgan fingerprint density at radius 1 is 1.44 bits per heavy atom. The second kappa shape index (κ2) is 4.55. The van der Waals surface area contributed by atoms with Crippen molar-refractivity contribution in [1.82, 2.24) is 9.97 Å². The Hall–Kier alpha value is -1.52. The van der Waals surface area contributed by atoms with Gasteiger partial charge in [0.2, 0.25) is 0 Å². The number of hydrogen-bond acceptors (Lipinski definition) is 5. The van der Waals surface area contributed by atoms with Crippen molar-refractivity contribution in [2.45, 2.75) is 32.2 Å². The summed E-state index contributed by atoms with van der Waals surface area (Å²) in [6.07, 6.45) is 5.28. The third-order valence-corrected chi connectivity index (χ3v) is 3.17. The van der Waals surface area contributed by atoms with Gasteiger partial charge in [-0.3, -0.25) is 0 Å². The average molecular weight is 221 g/mol. The maximum atomic E-state index is 6.06. The molecule has 1 aromatic rings. The molecule has 2 heterocycles. The molecule has 1 aliphatic rings. The van der Waals surface area contributed by atoms with E-state index in [-0.39, 0.29) is 0 Å². The third-order valence-electron chi connectivity index (χ3n) is 3.17. The highest BCUT2D eigenvalue weighted by atomic mass is 15.2. The summed E-state index contributed by atoms with van der Waals surface area (Å²) in [5, 5.41) is 2.99. The SMILES string of the molecule is CNc1ncnc(N2CCCCC2C)c1N. The molecule has 0 radical (unpaired) electrons. The van der Waals surface area contributed by atoms with E-state index in [1.54, 1.807) is 6.33 Å². The zero-order chi connectivity index (χ0) is 11.5. The van der Waals surface area contributed by atoms with Crippen molar-refractivity contribution in [1.29, 1.82) is 0 Å². The van der Waals surface area contributed by atoms with Gasteiger partial charge in [0, 0.05) is 19.6 Å². The molecule has 16 heavy (non-hydrogen) atoms. The van der Waals surface area contributed by atoms with Crippen LogP contribution >= 0.6 is 0 Å². The predicted molar refractivity (Wildman–Crippen MR) is 66.7 cm³/mol. The van der Waals surface area contributed by atoms with E-state index in [9.17, 15) is 0 Å². The highest BCUT2D eigenvalue weighted by Gasteiger charge is 2.22. The topological polar surface area (TPSA) is 67.1 Å². The van der Waals surface area contributed by atoms with Crippen LogP contribution in [0.4, 0.5) is 17.3 Å². The summed E-state index contributed by atoms with van der Waals surface area (Å²) in [6.45, 7) is 3.26. The number of nitrogens with two attached hydrogens (primary N) is 1. The lowest BCUT2D eigenvalue weighted by molar-refractivity contribution is 0.481. The van der Waals surface area contributed by atoms with Crippen molar-refractivity contribution in [3.63, 3.8) is 0 Å². The smallest absolute Gasteiger partial charge is 0.157 e. The van der Waals surface area contributed by atoms with E-state index in [1.807, 2.05) is 7.05 Å². The summed E-state index contributed by atoms with van der Waals surface area (Å²) >= 11 is 0. The molecule has 0 amide bonds. The Labute approximate surface area is 96.1 Å². The number of nitrogen functional groups attached to an aromatic ring is 1. The first kappa shape index (κ1) is 11.0. The molecule has 2 rings (SSSR count). The summed E-state index contributed by atoms with van der Waals surface area (Å²) in [4.78, 5) is 10.7. The lowest BCUT2D eigenvalue weighted by Gasteiger charge is -2.35. The van der Waals surface area contributed by atoms with Gasteiger partial charge in [0.05, 0.1) is 0 Å². The zero-order valence-electron chi connectivity index (χ0n) is 9.90. The first-order chi connectivity index (χ1) is 7.74. The number of aromatic nitrogens is 2. The zero-order valence-corrected chi connectivity index (χ0v) is 9.90. The van der Waals surface area contributed by atoms with E-state index in [2.05, 4.69) is 27.1 Å². The molecule has 1 aromatic heterocycles. The number of nitrogens with one attached hydrogen (secondary N) is 1. The number of piperidine rings is 1. The summed E-state index contributed by atoms with van der Waals surface area (Å²) in [7, 11) is 1.82. The van der Waals surface area contributed by atoms with Crippen LogP contribution in [0.25, 0.3) is 0 Å². The van der Waals surface area contributed by atoms with Crippen molar-refractivity contribution in [3.05, 3.63) is 6.33 Å². The van der Waals surface area contributed by atoms with Gasteiger partial charge in [0.1, 0.15) is 12.0 Å². The Kier molecular flexibility index (Phi) is 3.12. The van der Waals surface area contributed by atoms with Crippen LogP contribution < -0.4 is 16.0 Å². The molecule has 5 nitrogen and oxygen atoms in total. The maximum absolute atomic E-state index is 6.06. The molecule has 0 aliphatic carbocycles. The van der Waals surface area contributed by atoms with E-state index in [0.29, 0.717) is 17.5 Å². The molecule has 0 aromatic carbocycles. The minimum Gasteiger partial charge on any atom is -0.393 e. The molecule has 1 atom stereocenters. The molecule has 1 unspecified atom stereocenters. The largest absolute Gasteiger partial charge is 0.393 e. The highest BCUT2D eigenvalue weighted by molar-refractivity contribution is 5.75. The standard InChI is InChI=1S/C11H19N5/c1-8-5-3-4-6-16(8)11-9(12)10(13-2)14-7-15-11/h7-8H,3-6,12H2,1-2H3,(H,13,14,15). The van der Waals surface area contributed by atoms with Crippen molar-refractivity contribution >= 4 is 17.3 Å². The fraction of sp³-hybridized carbons (Fsp3) is 0.636. The molecule has 3 N–H and O–H groups in total. The second-order valence-electron chi connectivity index (χ2n) is 4.25. The average Bonchev–Trinajstić information content (AvgIpc) is 2.31. The third kappa shape index (κ3) is 1.89. The van der Waals surface area contributed by atoms with Gasteiger partial charge in [0.15, 0.2) is 11.6 Å². The number of anilines is 3.